The van der Waals surface area contributed by atoms with Crippen LogP contribution in [0.2, 0.25) is 0 Å². The van der Waals surface area contributed by atoms with Crippen molar-refractivity contribution in [2.24, 2.45) is 0 Å². The lowest BCUT2D eigenvalue weighted by molar-refractivity contribution is -0.187. The summed E-state index contributed by atoms with van der Waals surface area (Å²) < 4.78 is 44.4. The summed E-state index contributed by atoms with van der Waals surface area (Å²) in [5, 5.41) is 9.04. The SMILES string of the molecule is CC(c1ccccc1)c1ccc2c(c1)OC(C(F)(F)F)C(C(=O)O)=C2. The third-order valence-electron chi connectivity index (χ3n) is 4.22. The standard InChI is InChI=1S/C19H15F3O3/c1-11(12-5-3-2-4-6-12)13-7-8-14-9-15(18(23)24)17(19(20,21)22)25-16(14)10-13/h2-11,17H,1H3,(H,23,24). The van der Waals surface area contributed by atoms with E-state index in [9.17, 15) is 18.0 Å². The Balaban J connectivity index is 2.00. The first kappa shape index (κ1) is 17.1. The largest absolute Gasteiger partial charge is 0.478 e. The molecule has 130 valence electrons. The Morgan fingerprint density at radius 1 is 1.12 bits per heavy atom. The molecule has 0 amide bonds. The summed E-state index contributed by atoms with van der Waals surface area (Å²) in [6.45, 7) is 1.94. The van der Waals surface area contributed by atoms with E-state index in [4.69, 9.17) is 9.84 Å². The molecule has 2 atom stereocenters. The van der Waals surface area contributed by atoms with Crippen molar-refractivity contribution in [2.45, 2.75) is 25.1 Å². The van der Waals surface area contributed by atoms with Crippen LogP contribution < -0.4 is 4.74 Å². The quantitative estimate of drug-likeness (QED) is 0.880. The highest BCUT2D eigenvalue weighted by Crippen LogP contribution is 2.39. The van der Waals surface area contributed by atoms with Crippen LogP contribution in [-0.4, -0.2) is 23.4 Å². The number of aliphatic carboxylic acids is 1. The lowest BCUT2D eigenvalue weighted by Crippen LogP contribution is -2.40. The molecule has 1 N–H and O–H groups in total. The van der Waals surface area contributed by atoms with E-state index in [1.165, 1.54) is 0 Å². The molecule has 0 radical (unpaired) electrons. The van der Waals surface area contributed by atoms with Crippen molar-refractivity contribution in [2.75, 3.05) is 0 Å². The molecule has 1 heterocycles. The molecular formula is C19H15F3O3. The molecule has 2 aromatic rings. The van der Waals surface area contributed by atoms with Gasteiger partial charge in [-0.05, 0) is 23.3 Å². The van der Waals surface area contributed by atoms with Crippen LogP contribution in [0.1, 0.15) is 29.5 Å². The predicted octanol–water partition coefficient (Wildman–Crippen LogP) is 4.63. The first-order valence-corrected chi connectivity index (χ1v) is 7.64. The van der Waals surface area contributed by atoms with Crippen LogP contribution in [-0.2, 0) is 4.79 Å². The van der Waals surface area contributed by atoms with Crippen LogP contribution in [0.4, 0.5) is 13.2 Å². The highest BCUT2D eigenvalue weighted by atomic mass is 19.4. The summed E-state index contributed by atoms with van der Waals surface area (Å²) in [5.41, 5.74) is 1.32. The highest BCUT2D eigenvalue weighted by molar-refractivity contribution is 5.95. The van der Waals surface area contributed by atoms with Gasteiger partial charge >= 0.3 is 12.1 Å². The van der Waals surface area contributed by atoms with Crippen LogP contribution in [0.5, 0.6) is 5.75 Å². The summed E-state index contributed by atoms with van der Waals surface area (Å²) in [7, 11) is 0. The first-order valence-electron chi connectivity index (χ1n) is 7.64. The molecule has 3 rings (SSSR count). The van der Waals surface area contributed by atoms with E-state index in [0.29, 0.717) is 5.56 Å². The zero-order valence-electron chi connectivity index (χ0n) is 13.2. The van der Waals surface area contributed by atoms with Gasteiger partial charge in [-0.25, -0.2) is 4.79 Å². The normalized spacial score (nSPS) is 17.9. The number of carbonyl (C=O) groups is 1. The molecule has 6 heteroatoms. The Labute approximate surface area is 142 Å². The molecule has 1 aliphatic heterocycles. The van der Waals surface area contributed by atoms with E-state index in [0.717, 1.165) is 17.2 Å². The summed E-state index contributed by atoms with van der Waals surface area (Å²) in [4.78, 5) is 11.1. The number of carboxylic acid groups (broad SMARTS) is 1. The maximum Gasteiger partial charge on any atom is 0.430 e. The minimum absolute atomic E-state index is 0.0348. The molecule has 2 aromatic carbocycles. The molecular weight excluding hydrogens is 333 g/mol. The second-order valence-corrected chi connectivity index (χ2v) is 5.87. The molecule has 0 aliphatic carbocycles. The maximum atomic E-state index is 13.1. The smallest absolute Gasteiger partial charge is 0.430 e. The molecule has 25 heavy (non-hydrogen) atoms. The van der Waals surface area contributed by atoms with Gasteiger partial charge in [-0.2, -0.15) is 13.2 Å². The number of benzene rings is 2. The lowest BCUT2D eigenvalue weighted by atomic mass is 9.91. The van der Waals surface area contributed by atoms with Gasteiger partial charge in [0.1, 0.15) is 5.75 Å². The van der Waals surface area contributed by atoms with Crippen LogP contribution in [0, 0.1) is 0 Å². The van der Waals surface area contributed by atoms with Crippen LogP contribution in [0.3, 0.4) is 0 Å². The van der Waals surface area contributed by atoms with Crippen molar-refractivity contribution < 1.29 is 27.8 Å². The summed E-state index contributed by atoms with van der Waals surface area (Å²) in [6, 6.07) is 14.4. The van der Waals surface area contributed by atoms with Crippen LogP contribution in [0.25, 0.3) is 6.08 Å². The van der Waals surface area contributed by atoms with E-state index in [1.807, 2.05) is 37.3 Å². The van der Waals surface area contributed by atoms with Crippen LogP contribution >= 0.6 is 0 Å². The average Bonchev–Trinajstić information content (AvgIpc) is 2.59. The van der Waals surface area contributed by atoms with Crippen molar-refractivity contribution in [3.63, 3.8) is 0 Å². The van der Waals surface area contributed by atoms with Gasteiger partial charge in [0, 0.05) is 11.5 Å². The number of hydrogen-bond acceptors (Lipinski definition) is 2. The van der Waals surface area contributed by atoms with E-state index in [-0.39, 0.29) is 11.7 Å². The van der Waals surface area contributed by atoms with E-state index in [2.05, 4.69) is 0 Å². The lowest BCUT2D eigenvalue weighted by Gasteiger charge is -2.27. The van der Waals surface area contributed by atoms with Crippen LogP contribution in [0.15, 0.2) is 54.1 Å². The van der Waals surface area contributed by atoms with Crippen molar-refractivity contribution in [1.82, 2.24) is 0 Å². The topological polar surface area (TPSA) is 46.5 Å². The minimum Gasteiger partial charge on any atom is -0.478 e. The van der Waals surface area contributed by atoms with Gasteiger partial charge in [0.05, 0.1) is 5.57 Å². The third-order valence-corrected chi connectivity index (χ3v) is 4.22. The molecule has 0 fully saturated rings. The first-order chi connectivity index (χ1) is 11.8. The van der Waals surface area contributed by atoms with Gasteiger partial charge in [-0.3, -0.25) is 0 Å². The van der Waals surface area contributed by atoms with Gasteiger partial charge in [0.15, 0.2) is 0 Å². The number of hydrogen-bond donors (Lipinski definition) is 1. The van der Waals surface area contributed by atoms with Gasteiger partial charge < -0.3 is 9.84 Å². The number of carboxylic acids is 1. The second-order valence-electron chi connectivity index (χ2n) is 5.87. The molecule has 0 saturated carbocycles. The zero-order valence-corrected chi connectivity index (χ0v) is 13.2. The third kappa shape index (κ3) is 3.38. The van der Waals surface area contributed by atoms with Gasteiger partial charge in [-0.1, -0.05) is 49.4 Å². The van der Waals surface area contributed by atoms with Crippen molar-refractivity contribution in [3.8, 4) is 5.75 Å². The average molecular weight is 348 g/mol. The van der Waals surface area contributed by atoms with E-state index in [1.54, 1.807) is 18.2 Å². The molecule has 0 saturated heterocycles. The zero-order chi connectivity index (χ0) is 18.2. The van der Waals surface area contributed by atoms with E-state index >= 15 is 0 Å². The number of fused-ring (bicyclic) bond motifs is 1. The van der Waals surface area contributed by atoms with Crippen molar-refractivity contribution >= 4 is 12.0 Å². The summed E-state index contributed by atoms with van der Waals surface area (Å²) in [5.74, 6) is -1.65. The Morgan fingerprint density at radius 2 is 1.80 bits per heavy atom. The van der Waals surface area contributed by atoms with Gasteiger partial charge in [-0.15, -0.1) is 0 Å². The predicted molar refractivity (Wildman–Crippen MR) is 86.5 cm³/mol. The number of halogens is 3. The number of alkyl halides is 3. The van der Waals surface area contributed by atoms with Gasteiger partial charge in [0.25, 0.3) is 0 Å². The highest BCUT2D eigenvalue weighted by Gasteiger charge is 2.48. The molecule has 0 spiro atoms. The molecule has 1 aliphatic rings. The summed E-state index contributed by atoms with van der Waals surface area (Å²) in [6.07, 6.45) is -6.25. The second kappa shape index (κ2) is 6.27. The fraction of sp³-hybridized carbons (Fsp3) is 0.211. The Hall–Kier alpha value is -2.76. The van der Waals surface area contributed by atoms with Crippen molar-refractivity contribution in [1.29, 1.82) is 0 Å². The maximum absolute atomic E-state index is 13.1. The fourth-order valence-corrected chi connectivity index (χ4v) is 2.83. The van der Waals surface area contributed by atoms with Gasteiger partial charge in [0.2, 0.25) is 6.10 Å². The van der Waals surface area contributed by atoms with E-state index < -0.39 is 23.8 Å². The fourth-order valence-electron chi connectivity index (χ4n) is 2.83. The minimum atomic E-state index is -4.80. The monoisotopic (exact) mass is 348 g/mol. The molecule has 3 nitrogen and oxygen atoms in total. The molecule has 0 aromatic heterocycles. The molecule has 0 bridgehead atoms. The van der Waals surface area contributed by atoms with Crippen molar-refractivity contribution in [3.05, 3.63) is 70.8 Å². The Bertz CT molecular complexity index is 826. The number of rotatable bonds is 3. The number of ether oxygens (including phenoxy) is 1. The Kier molecular flexibility index (Phi) is 4.29. The molecule has 2 unspecified atom stereocenters. The summed E-state index contributed by atoms with van der Waals surface area (Å²) >= 11 is 0. The Morgan fingerprint density at radius 3 is 2.40 bits per heavy atom.